The predicted octanol–water partition coefficient (Wildman–Crippen LogP) is 0.816. The smallest absolute Gasteiger partial charge is 0.0468 e. The highest BCUT2D eigenvalue weighted by molar-refractivity contribution is 4.83. The van der Waals surface area contributed by atoms with Crippen LogP contribution in [0.2, 0.25) is 0 Å². The molecule has 3 nitrogen and oxygen atoms in total. The molecule has 1 aliphatic rings. The lowest BCUT2D eigenvalue weighted by molar-refractivity contribution is 0.0678. The Morgan fingerprint density at radius 2 is 2.21 bits per heavy atom. The van der Waals surface area contributed by atoms with Crippen LogP contribution in [0.1, 0.15) is 33.1 Å². The third-order valence-electron chi connectivity index (χ3n) is 3.30. The molecule has 1 aliphatic heterocycles. The van der Waals surface area contributed by atoms with Gasteiger partial charge in [0.15, 0.2) is 0 Å². The molecule has 14 heavy (non-hydrogen) atoms. The topological polar surface area (TPSA) is 49.5 Å². The standard InChI is InChI=1S/C11H24N2O/c1-9(8-14)7-13-10(2)4-3-5-11(13)6-12/h9-11,14H,3-8,12H2,1-2H3. The second-order valence-corrected chi connectivity index (χ2v) is 4.65. The van der Waals surface area contributed by atoms with Crippen LogP contribution in [0.5, 0.6) is 0 Å². The zero-order valence-corrected chi connectivity index (χ0v) is 9.45. The van der Waals surface area contributed by atoms with Crippen LogP contribution >= 0.6 is 0 Å². The first-order chi connectivity index (χ1) is 6.69. The van der Waals surface area contributed by atoms with Crippen LogP contribution in [0, 0.1) is 5.92 Å². The molecule has 0 aromatic rings. The van der Waals surface area contributed by atoms with Gasteiger partial charge in [-0.2, -0.15) is 0 Å². The number of aliphatic hydroxyl groups excluding tert-OH is 1. The van der Waals surface area contributed by atoms with Gasteiger partial charge in [-0.25, -0.2) is 0 Å². The molecule has 0 aromatic heterocycles. The highest BCUT2D eigenvalue weighted by atomic mass is 16.3. The second-order valence-electron chi connectivity index (χ2n) is 4.65. The lowest BCUT2D eigenvalue weighted by Crippen LogP contribution is -2.50. The van der Waals surface area contributed by atoms with Crippen molar-refractivity contribution in [1.29, 1.82) is 0 Å². The van der Waals surface area contributed by atoms with Crippen LogP contribution in [0.25, 0.3) is 0 Å². The highest BCUT2D eigenvalue weighted by Gasteiger charge is 2.27. The largest absolute Gasteiger partial charge is 0.396 e. The van der Waals surface area contributed by atoms with E-state index in [0.29, 0.717) is 18.0 Å². The van der Waals surface area contributed by atoms with Gasteiger partial charge in [-0.3, -0.25) is 4.90 Å². The van der Waals surface area contributed by atoms with Crippen LogP contribution in [0.3, 0.4) is 0 Å². The molecule has 1 saturated heterocycles. The number of aliphatic hydroxyl groups is 1. The zero-order chi connectivity index (χ0) is 10.6. The van der Waals surface area contributed by atoms with Crippen LogP contribution in [-0.4, -0.2) is 41.8 Å². The fourth-order valence-electron chi connectivity index (χ4n) is 2.34. The summed E-state index contributed by atoms with van der Waals surface area (Å²) in [6.07, 6.45) is 3.79. The summed E-state index contributed by atoms with van der Waals surface area (Å²) in [5.74, 6) is 0.365. The molecule has 3 atom stereocenters. The van der Waals surface area contributed by atoms with Crippen molar-refractivity contribution < 1.29 is 5.11 Å². The first kappa shape index (κ1) is 12.0. The minimum absolute atomic E-state index is 0.278. The Morgan fingerprint density at radius 3 is 2.79 bits per heavy atom. The van der Waals surface area contributed by atoms with Crippen LogP contribution < -0.4 is 5.73 Å². The van der Waals surface area contributed by atoms with E-state index in [-0.39, 0.29) is 6.61 Å². The van der Waals surface area contributed by atoms with E-state index in [4.69, 9.17) is 10.8 Å². The van der Waals surface area contributed by atoms with Crippen molar-refractivity contribution in [3.8, 4) is 0 Å². The summed E-state index contributed by atoms with van der Waals surface area (Å²) in [5.41, 5.74) is 5.77. The SMILES string of the molecule is CC(CO)CN1C(C)CCCC1CN. The van der Waals surface area contributed by atoms with Gasteiger partial charge in [0.1, 0.15) is 0 Å². The fraction of sp³-hybridized carbons (Fsp3) is 1.00. The summed E-state index contributed by atoms with van der Waals surface area (Å²) in [6, 6.07) is 1.17. The molecule has 84 valence electrons. The summed E-state index contributed by atoms with van der Waals surface area (Å²) < 4.78 is 0. The normalized spacial score (nSPS) is 31.7. The number of piperidine rings is 1. The molecule has 0 radical (unpaired) electrons. The molecule has 0 saturated carbocycles. The highest BCUT2D eigenvalue weighted by Crippen LogP contribution is 2.23. The number of likely N-dealkylation sites (tertiary alicyclic amines) is 1. The van der Waals surface area contributed by atoms with E-state index < -0.39 is 0 Å². The van der Waals surface area contributed by atoms with Gasteiger partial charge in [0.2, 0.25) is 0 Å². The number of hydrogen-bond donors (Lipinski definition) is 2. The number of rotatable bonds is 4. The Kier molecular flexibility index (Phi) is 4.85. The van der Waals surface area contributed by atoms with E-state index in [1.807, 2.05) is 0 Å². The summed E-state index contributed by atoms with van der Waals surface area (Å²) in [4.78, 5) is 2.48. The molecule has 3 unspecified atom stereocenters. The number of nitrogens with zero attached hydrogens (tertiary/aromatic N) is 1. The Bertz CT molecular complexity index is 163. The Hall–Kier alpha value is -0.120. The molecular weight excluding hydrogens is 176 g/mol. The van der Waals surface area contributed by atoms with Crippen molar-refractivity contribution in [3.63, 3.8) is 0 Å². The zero-order valence-electron chi connectivity index (χ0n) is 9.45. The van der Waals surface area contributed by atoms with Crippen molar-refractivity contribution in [2.75, 3.05) is 19.7 Å². The monoisotopic (exact) mass is 200 g/mol. The van der Waals surface area contributed by atoms with Gasteiger partial charge in [-0.1, -0.05) is 13.3 Å². The molecule has 1 heterocycles. The molecule has 1 rings (SSSR count). The molecule has 3 N–H and O–H groups in total. The van der Waals surface area contributed by atoms with Crippen molar-refractivity contribution in [2.45, 2.75) is 45.2 Å². The van der Waals surface area contributed by atoms with Crippen molar-refractivity contribution in [3.05, 3.63) is 0 Å². The van der Waals surface area contributed by atoms with Gasteiger partial charge in [0.05, 0.1) is 0 Å². The van der Waals surface area contributed by atoms with Crippen LogP contribution in [-0.2, 0) is 0 Å². The second kappa shape index (κ2) is 5.69. The quantitative estimate of drug-likeness (QED) is 0.706. The molecule has 3 heteroatoms. The molecular formula is C11H24N2O. The third-order valence-corrected chi connectivity index (χ3v) is 3.30. The van der Waals surface area contributed by atoms with Crippen molar-refractivity contribution in [2.24, 2.45) is 11.7 Å². The summed E-state index contributed by atoms with van der Waals surface area (Å²) in [6.45, 7) is 6.38. The Balaban J connectivity index is 2.50. The number of hydrogen-bond acceptors (Lipinski definition) is 3. The maximum Gasteiger partial charge on any atom is 0.0468 e. The lowest BCUT2D eigenvalue weighted by Gasteiger charge is -2.41. The first-order valence-corrected chi connectivity index (χ1v) is 5.75. The van der Waals surface area contributed by atoms with Crippen LogP contribution in [0.15, 0.2) is 0 Å². The van der Waals surface area contributed by atoms with E-state index in [1.54, 1.807) is 0 Å². The summed E-state index contributed by atoms with van der Waals surface area (Å²) in [7, 11) is 0. The van der Waals surface area contributed by atoms with E-state index in [2.05, 4.69) is 18.7 Å². The van der Waals surface area contributed by atoms with Gasteiger partial charge < -0.3 is 10.8 Å². The summed E-state index contributed by atoms with van der Waals surface area (Å²) in [5, 5.41) is 9.05. The minimum Gasteiger partial charge on any atom is -0.396 e. The van der Waals surface area contributed by atoms with E-state index in [0.717, 1.165) is 13.1 Å². The fourth-order valence-corrected chi connectivity index (χ4v) is 2.34. The van der Waals surface area contributed by atoms with Crippen LogP contribution in [0.4, 0.5) is 0 Å². The van der Waals surface area contributed by atoms with Gasteiger partial charge in [0.25, 0.3) is 0 Å². The molecule has 0 bridgehead atoms. The molecule has 0 aromatic carbocycles. The molecule has 0 aliphatic carbocycles. The van der Waals surface area contributed by atoms with Gasteiger partial charge >= 0.3 is 0 Å². The first-order valence-electron chi connectivity index (χ1n) is 5.75. The van der Waals surface area contributed by atoms with Crippen molar-refractivity contribution in [1.82, 2.24) is 4.90 Å². The van der Waals surface area contributed by atoms with E-state index in [9.17, 15) is 0 Å². The Morgan fingerprint density at radius 1 is 1.50 bits per heavy atom. The van der Waals surface area contributed by atoms with E-state index >= 15 is 0 Å². The predicted molar refractivity (Wildman–Crippen MR) is 59.1 cm³/mol. The average molecular weight is 200 g/mol. The lowest BCUT2D eigenvalue weighted by atomic mass is 9.95. The van der Waals surface area contributed by atoms with Gasteiger partial charge in [0, 0.05) is 31.8 Å². The minimum atomic E-state index is 0.278. The maximum absolute atomic E-state index is 9.05. The van der Waals surface area contributed by atoms with Gasteiger partial charge in [-0.15, -0.1) is 0 Å². The van der Waals surface area contributed by atoms with Gasteiger partial charge in [-0.05, 0) is 25.7 Å². The third kappa shape index (κ3) is 2.94. The van der Waals surface area contributed by atoms with E-state index in [1.165, 1.54) is 19.3 Å². The Labute approximate surface area is 87.3 Å². The average Bonchev–Trinajstić information content (AvgIpc) is 2.20. The number of nitrogens with two attached hydrogens (primary N) is 1. The molecule has 0 spiro atoms. The summed E-state index contributed by atoms with van der Waals surface area (Å²) >= 11 is 0. The van der Waals surface area contributed by atoms with Crippen molar-refractivity contribution >= 4 is 0 Å². The maximum atomic E-state index is 9.05. The molecule has 0 amide bonds. The molecule has 1 fully saturated rings.